The summed E-state index contributed by atoms with van der Waals surface area (Å²) in [6.45, 7) is 13.9. The highest BCUT2D eigenvalue weighted by atomic mass is 16.5. The van der Waals surface area contributed by atoms with Crippen LogP contribution < -0.4 is 10.1 Å². The Hall–Kier alpha value is -1.09. The zero-order valence-electron chi connectivity index (χ0n) is 14.4. The van der Waals surface area contributed by atoms with Gasteiger partial charge in [0.2, 0.25) is 5.88 Å². The van der Waals surface area contributed by atoms with Gasteiger partial charge in [-0.25, -0.2) is 4.98 Å². The molecule has 118 valence electrons. The molecule has 0 spiro atoms. The Bertz CT molecular complexity index is 484. The lowest BCUT2D eigenvalue weighted by Gasteiger charge is -2.26. The van der Waals surface area contributed by atoms with E-state index in [0.29, 0.717) is 6.04 Å². The first-order valence-electron chi connectivity index (χ1n) is 8.13. The quantitative estimate of drug-likeness (QED) is 0.852. The maximum absolute atomic E-state index is 6.11. The molecular weight excluding hydrogens is 260 g/mol. The van der Waals surface area contributed by atoms with Gasteiger partial charge in [-0.3, -0.25) is 0 Å². The second-order valence-electron chi connectivity index (χ2n) is 7.82. The van der Waals surface area contributed by atoms with E-state index in [-0.39, 0.29) is 11.0 Å². The fourth-order valence-electron chi connectivity index (χ4n) is 2.00. The summed E-state index contributed by atoms with van der Waals surface area (Å²) in [5.74, 6) is 0.752. The molecule has 1 aliphatic carbocycles. The molecule has 0 atom stereocenters. The summed E-state index contributed by atoms with van der Waals surface area (Å²) >= 11 is 0. The lowest BCUT2D eigenvalue weighted by molar-refractivity contribution is 0.0983. The first-order valence-corrected chi connectivity index (χ1v) is 8.13. The van der Waals surface area contributed by atoms with Gasteiger partial charge in [-0.05, 0) is 44.7 Å². The van der Waals surface area contributed by atoms with Crippen LogP contribution in [-0.4, -0.2) is 16.6 Å². The van der Waals surface area contributed by atoms with Gasteiger partial charge in [0.05, 0.1) is 5.69 Å². The summed E-state index contributed by atoms with van der Waals surface area (Å²) in [6.07, 6.45) is 3.58. The standard InChI is InChI=1S/C18H30N2O/c1-7-18(5,6)21-16-11-13(12-19-14-8-9-14)10-15(20-16)17(2,3)4/h10-11,14,19H,7-9,12H2,1-6H3. The van der Waals surface area contributed by atoms with Crippen molar-refractivity contribution in [1.82, 2.24) is 10.3 Å². The van der Waals surface area contributed by atoms with E-state index in [2.05, 4.69) is 59.0 Å². The van der Waals surface area contributed by atoms with E-state index in [4.69, 9.17) is 9.72 Å². The van der Waals surface area contributed by atoms with E-state index in [1.165, 1.54) is 18.4 Å². The molecule has 2 rings (SSSR count). The molecule has 1 fully saturated rings. The second-order valence-corrected chi connectivity index (χ2v) is 7.82. The van der Waals surface area contributed by atoms with Gasteiger partial charge < -0.3 is 10.1 Å². The Morgan fingerprint density at radius 3 is 2.38 bits per heavy atom. The van der Waals surface area contributed by atoms with E-state index < -0.39 is 0 Å². The fourth-order valence-corrected chi connectivity index (χ4v) is 2.00. The normalized spacial score (nSPS) is 16.1. The summed E-state index contributed by atoms with van der Waals surface area (Å²) in [6, 6.07) is 5.01. The number of hydrogen-bond acceptors (Lipinski definition) is 3. The van der Waals surface area contributed by atoms with Gasteiger partial charge in [-0.15, -0.1) is 0 Å². The lowest BCUT2D eigenvalue weighted by Crippen LogP contribution is -2.28. The van der Waals surface area contributed by atoms with Gasteiger partial charge in [0.1, 0.15) is 5.60 Å². The van der Waals surface area contributed by atoms with Crippen molar-refractivity contribution in [3.63, 3.8) is 0 Å². The Morgan fingerprint density at radius 1 is 1.19 bits per heavy atom. The minimum Gasteiger partial charge on any atom is -0.472 e. The van der Waals surface area contributed by atoms with Gasteiger partial charge in [0.15, 0.2) is 0 Å². The molecule has 0 unspecified atom stereocenters. The SMILES string of the molecule is CCC(C)(C)Oc1cc(CNC2CC2)cc(C(C)(C)C)n1. The molecule has 21 heavy (non-hydrogen) atoms. The summed E-state index contributed by atoms with van der Waals surface area (Å²) < 4.78 is 6.11. The van der Waals surface area contributed by atoms with Gasteiger partial charge in [0.25, 0.3) is 0 Å². The van der Waals surface area contributed by atoms with Crippen LogP contribution in [0.2, 0.25) is 0 Å². The van der Waals surface area contributed by atoms with Gasteiger partial charge >= 0.3 is 0 Å². The van der Waals surface area contributed by atoms with Crippen LogP contribution in [-0.2, 0) is 12.0 Å². The maximum Gasteiger partial charge on any atom is 0.214 e. The number of aromatic nitrogens is 1. The molecule has 0 bridgehead atoms. The van der Waals surface area contributed by atoms with Crippen LogP contribution >= 0.6 is 0 Å². The van der Waals surface area contributed by atoms with E-state index in [1.54, 1.807) is 0 Å². The molecule has 0 amide bonds. The molecule has 3 heteroatoms. The van der Waals surface area contributed by atoms with Crippen molar-refractivity contribution >= 4 is 0 Å². The second kappa shape index (κ2) is 5.96. The number of nitrogens with zero attached hydrogens (tertiary/aromatic N) is 1. The largest absolute Gasteiger partial charge is 0.472 e. The highest BCUT2D eigenvalue weighted by molar-refractivity contribution is 5.29. The minimum absolute atomic E-state index is 0.0318. The third-order valence-electron chi connectivity index (χ3n) is 4.03. The van der Waals surface area contributed by atoms with E-state index >= 15 is 0 Å². The predicted octanol–water partition coefficient (Wildman–Crippen LogP) is 4.20. The van der Waals surface area contributed by atoms with Crippen LogP contribution in [0.15, 0.2) is 12.1 Å². The molecule has 3 nitrogen and oxygen atoms in total. The zero-order valence-corrected chi connectivity index (χ0v) is 14.4. The third-order valence-corrected chi connectivity index (χ3v) is 4.03. The van der Waals surface area contributed by atoms with Crippen molar-refractivity contribution in [2.45, 2.75) is 84.4 Å². The molecule has 0 saturated heterocycles. The molecule has 1 aromatic rings. The average molecular weight is 290 g/mol. The first kappa shape index (κ1) is 16.3. The molecule has 1 heterocycles. The van der Waals surface area contributed by atoms with Crippen molar-refractivity contribution in [3.8, 4) is 5.88 Å². The molecule has 1 saturated carbocycles. The minimum atomic E-state index is -0.176. The molecule has 0 aromatic carbocycles. The van der Waals surface area contributed by atoms with Gasteiger partial charge in [-0.2, -0.15) is 0 Å². The third kappa shape index (κ3) is 4.99. The maximum atomic E-state index is 6.11. The summed E-state index contributed by atoms with van der Waals surface area (Å²) in [5.41, 5.74) is 2.22. The first-order chi connectivity index (χ1) is 9.69. The van der Waals surface area contributed by atoms with Crippen LogP contribution in [0.3, 0.4) is 0 Å². The van der Waals surface area contributed by atoms with Crippen LogP contribution in [0.5, 0.6) is 5.88 Å². The summed E-state index contributed by atoms with van der Waals surface area (Å²) in [4.78, 5) is 4.73. The van der Waals surface area contributed by atoms with Crippen molar-refractivity contribution in [2.75, 3.05) is 0 Å². The predicted molar refractivity (Wildman–Crippen MR) is 87.8 cm³/mol. The van der Waals surface area contributed by atoms with Crippen molar-refractivity contribution in [3.05, 3.63) is 23.4 Å². The topological polar surface area (TPSA) is 34.1 Å². The van der Waals surface area contributed by atoms with Crippen LogP contribution in [0, 0.1) is 0 Å². The van der Waals surface area contributed by atoms with Gasteiger partial charge in [0, 0.05) is 24.1 Å². The smallest absolute Gasteiger partial charge is 0.214 e. The van der Waals surface area contributed by atoms with Crippen LogP contribution in [0.1, 0.15) is 72.1 Å². The Morgan fingerprint density at radius 2 is 1.86 bits per heavy atom. The summed E-state index contributed by atoms with van der Waals surface area (Å²) in [7, 11) is 0. The number of ether oxygens (including phenoxy) is 1. The molecule has 1 aromatic heterocycles. The zero-order chi connectivity index (χ0) is 15.7. The van der Waals surface area contributed by atoms with Crippen molar-refractivity contribution < 1.29 is 4.74 Å². The van der Waals surface area contributed by atoms with Crippen LogP contribution in [0.25, 0.3) is 0 Å². The van der Waals surface area contributed by atoms with E-state index in [9.17, 15) is 0 Å². The summed E-state index contributed by atoms with van der Waals surface area (Å²) in [5, 5.41) is 3.57. The van der Waals surface area contributed by atoms with E-state index in [0.717, 1.165) is 24.5 Å². The van der Waals surface area contributed by atoms with Gasteiger partial charge in [-0.1, -0.05) is 27.7 Å². The Balaban J connectivity index is 2.22. The molecule has 0 aliphatic heterocycles. The fraction of sp³-hybridized carbons (Fsp3) is 0.722. The number of nitrogens with one attached hydrogen (secondary N) is 1. The molecule has 0 radical (unpaired) electrons. The Kier molecular flexibility index (Phi) is 4.62. The number of pyridine rings is 1. The molecule has 1 N–H and O–H groups in total. The highest BCUT2D eigenvalue weighted by Crippen LogP contribution is 2.27. The molecular formula is C18H30N2O. The lowest BCUT2D eigenvalue weighted by atomic mass is 9.91. The van der Waals surface area contributed by atoms with Crippen LogP contribution in [0.4, 0.5) is 0 Å². The monoisotopic (exact) mass is 290 g/mol. The van der Waals surface area contributed by atoms with E-state index in [1.807, 2.05) is 0 Å². The number of rotatable bonds is 6. The average Bonchev–Trinajstić information content (AvgIpc) is 3.18. The van der Waals surface area contributed by atoms with Crippen molar-refractivity contribution in [2.24, 2.45) is 0 Å². The molecule has 1 aliphatic rings. The number of hydrogen-bond donors (Lipinski definition) is 1. The highest BCUT2D eigenvalue weighted by Gasteiger charge is 2.23. The van der Waals surface area contributed by atoms with Crippen molar-refractivity contribution in [1.29, 1.82) is 0 Å². The Labute approximate surface area is 129 Å².